The number of rotatable bonds is 5. The molecule has 2 rings (SSSR count). The maximum Gasteiger partial charge on any atom is 0.244 e. The van der Waals surface area contributed by atoms with Gasteiger partial charge in [0.2, 0.25) is 5.91 Å². The van der Waals surface area contributed by atoms with Crippen LogP contribution in [0.4, 0.5) is 5.69 Å². The standard InChI is InChI=1S/C15H21BrN2O2/c1-3-7-15(8-4-9-17-15)14(19)18-11-5-6-12(16)13(10-11)20-2/h5-6,10,17H,3-4,7-9H2,1-2H3,(H,18,19). The molecular formula is C15H21BrN2O2. The van der Waals surface area contributed by atoms with Crippen LogP contribution in [0.25, 0.3) is 0 Å². The second-order valence-corrected chi connectivity index (χ2v) is 6.02. The molecule has 0 bridgehead atoms. The number of methoxy groups -OCH3 is 1. The number of benzene rings is 1. The van der Waals surface area contributed by atoms with Gasteiger partial charge >= 0.3 is 0 Å². The van der Waals surface area contributed by atoms with Crippen LogP contribution in [0.5, 0.6) is 5.75 Å². The van der Waals surface area contributed by atoms with E-state index in [1.807, 2.05) is 18.2 Å². The van der Waals surface area contributed by atoms with Crippen molar-refractivity contribution < 1.29 is 9.53 Å². The summed E-state index contributed by atoms with van der Waals surface area (Å²) in [6.45, 7) is 3.02. The third kappa shape index (κ3) is 3.15. The third-order valence-electron chi connectivity index (χ3n) is 3.76. The maximum absolute atomic E-state index is 12.6. The first-order valence-electron chi connectivity index (χ1n) is 7.01. The van der Waals surface area contributed by atoms with Crippen molar-refractivity contribution >= 4 is 27.5 Å². The fourth-order valence-electron chi connectivity index (χ4n) is 2.74. The van der Waals surface area contributed by atoms with Crippen LogP contribution in [0, 0.1) is 0 Å². The first-order valence-corrected chi connectivity index (χ1v) is 7.80. The normalized spacial score (nSPS) is 21.8. The average molecular weight is 341 g/mol. The zero-order valence-electron chi connectivity index (χ0n) is 12.0. The molecule has 0 aromatic heterocycles. The van der Waals surface area contributed by atoms with Gasteiger partial charge in [-0.05, 0) is 53.9 Å². The lowest BCUT2D eigenvalue weighted by Crippen LogP contribution is -2.50. The van der Waals surface area contributed by atoms with E-state index in [0.29, 0.717) is 5.75 Å². The molecule has 1 fully saturated rings. The van der Waals surface area contributed by atoms with E-state index in [-0.39, 0.29) is 5.91 Å². The Labute approximate surface area is 128 Å². The summed E-state index contributed by atoms with van der Waals surface area (Å²) in [6, 6.07) is 5.58. The number of anilines is 1. The molecule has 1 saturated heterocycles. The van der Waals surface area contributed by atoms with E-state index in [1.165, 1.54) is 0 Å². The zero-order chi connectivity index (χ0) is 14.6. The van der Waals surface area contributed by atoms with Gasteiger partial charge in [-0.2, -0.15) is 0 Å². The summed E-state index contributed by atoms with van der Waals surface area (Å²) in [4.78, 5) is 12.6. The predicted octanol–water partition coefficient (Wildman–Crippen LogP) is 3.32. The molecule has 5 heteroatoms. The van der Waals surface area contributed by atoms with Gasteiger partial charge in [0, 0.05) is 11.8 Å². The number of carbonyl (C=O) groups excluding carboxylic acids is 1. The second kappa shape index (κ2) is 6.59. The van der Waals surface area contributed by atoms with Crippen LogP contribution >= 0.6 is 15.9 Å². The van der Waals surface area contributed by atoms with Gasteiger partial charge in [0.05, 0.1) is 17.1 Å². The number of hydrogen-bond donors (Lipinski definition) is 2. The number of carbonyl (C=O) groups is 1. The summed E-state index contributed by atoms with van der Waals surface area (Å²) in [5.41, 5.74) is 0.355. The summed E-state index contributed by atoms with van der Waals surface area (Å²) < 4.78 is 6.13. The van der Waals surface area contributed by atoms with Crippen molar-refractivity contribution in [3.05, 3.63) is 22.7 Å². The minimum Gasteiger partial charge on any atom is -0.495 e. The number of hydrogen-bond acceptors (Lipinski definition) is 3. The Bertz CT molecular complexity index is 485. The van der Waals surface area contributed by atoms with Gasteiger partial charge < -0.3 is 15.4 Å². The Hall–Kier alpha value is -1.07. The van der Waals surface area contributed by atoms with E-state index in [1.54, 1.807) is 7.11 Å². The van der Waals surface area contributed by atoms with Gasteiger partial charge in [0.15, 0.2) is 0 Å². The Morgan fingerprint density at radius 1 is 1.55 bits per heavy atom. The predicted molar refractivity (Wildman–Crippen MR) is 84.2 cm³/mol. The lowest BCUT2D eigenvalue weighted by Gasteiger charge is -2.28. The van der Waals surface area contributed by atoms with Gasteiger partial charge in [-0.3, -0.25) is 4.79 Å². The molecule has 2 N–H and O–H groups in total. The second-order valence-electron chi connectivity index (χ2n) is 5.17. The highest BCUT2D eigenvalue weighted by Gasteiger charge is 2.39. The highest BCUT2D eigenvalue weighted by molar-refractivity contribution is 9.10. The molecule has 20 heavy (non-hydrogen) atoms. The smallest absolute Gasteiger partial charge is 0.244 e. The van der Waals surface area contributed by atoms with Crippen molar-refractivity contribution in [2.45, 2.75) is 38.1 Å². The minimum atomic E-state index is -0.408. The van der Waals surface area contributed by atoms with E-state index in [2.05, 4.69) is 33.5 Å². The van der Waals surface area contributed by atoms with E-state index in [9.17, 15) is 4.79 Å². The topological polar surface area (TPSA) is 50.4 Å². The molecule has 0 saturated carbocycles. The van der Waals surface area contributed by atoms with E-state index < -0.39 is 5.54 Å². The van der Waals surface area contributed by atoms with Crippen LogP contribution in [0.2, 0.25) is 0 Å². The van der Waals surface area contributed by atoms with Crippen molar-refractivity contribution in [2.24, 2.45) is 0 Å². The Kier molecular flexibility index (Phi) is 5.05. The summed E-state index contributed by atoms with van der Waals surface area (Å²) in [7, 11) is 1.61. The van der Waals surface area contributed by atoms with Crippen molar-refractivity contribution in [1.82, 2.24) is 5.32 Å². The first kappa shape index (κ1) is 15.3. The molecule has 1 aromatic carbocycles. The molecule has 1 aromatic rings. The molecular weight excluding hydrogens is 320 g/mol. The van der Waals surface area contributed by atoms with Crippen LogP contribution in [0.1, 0.15) is 32.6 Å². The summed E-state index contributed by atoms with van der Waals surface area (Å²) in [5, 5.41) is 6.39. The van der Waals surface area contributed by atoms with Crippen LogP contribution in [-0.4, -0.2) is 25.1 Å². The van der Waals surface area contributed by atoms with Crippen LogP contribution in [0.15, 0.2) is 22.7 Å². The van der Waals surface area contributed by atoms with Crippen LogP contribution in [-0.2, 0) is 4.79 Å². The van der Waals surface area contributed by atoms with Crippen molar-refractivity contribution in [3.8, 4) is 5.75 Å². The van der Waals surface area contributed by atoms with Gasteiger partial charge in [0.25, 0.3) is 0 Å². The molecule has 4 nitrogen and oxygen atoms in total. The zero-order valence-corrected chi connectivity index (χ0v) is 13.5. The highest BCUT2D eigenvalue weighted by atomic mass is 79.9. The summed E-state index contributed by atoms with van der Waals surface area (Å²) in [6.07, 6.45) is 3.81. The molecule has 1 amide bonds. The fourth-order valence-corrected chi connectivity index (χ4v) is 3.15. The van der Waals surface area contributed by atoms with Gasteiger partial charge in [0.1, 0.15) is 5.75 Å². The van der Waals surface area contributed by atoms with Gasteiger partial charge in [-0.25, -0.2) is 0 Å². The molecule has 110 valence electrons. The van der Waals surface area contributed by atoms with Crippen molar-refractivity contribution in [3.63, 3.8) is 0 Å². The summed E-state index contributed by atoms with van der Waals surface area (Å²) >= 11 is 3.41. The molecule has 0 spiro atoms. The molecule has 1 aliphatic rings. The Balaban J connectivity index is 2.14. The largest absolute Gasteiger partial charge is 0.495 e. The number of amides is 1. The monoisotopic (exact) mass is 340 g/mol. The maximum atomic E-state index is 12.6. The summed E-state index contributed by atoms with van der Waals surface area (Å²) in [5.74, 6) is 0.771. The van der Waals surface area contributed by atoms with Gasteiger partial charge in [-0.1, -0.05) is 13.3 Å². The Morgan fingerprint density at radius 2 is 2.35 bits per heavy atom. The van der Waals surface area contributed by atoms with E-state index >= 15 is 0 Å². The van der Waals surface area contributed by atoms with Crippen LogP contribution < -0.4 is 15.4 Å². The van der Waals surface area contributed by atoms with E-state index in [0.717, 1.165) is 42.4 Å². The van der Waals surface area contributed by atoms with Crippen LogP contribution in [0.3, 0.4) is 0 Å². The van der Waals surface area contributed by atoms with Crippen molar-refractivity contribution in [1.29, 1.82) is 0 Å². The molecule has 1 unspecified atom stereocenters. The molecule has 1 heterocycles. The van der Waals surface area contributed by atoms with Crippen molar-refractivity contribution in [2.75, 3.05) is 19.0 Å². The molecule has 0 radical (unpaired) electrons. The molecule has 1 atom stereocenters. The third-order valence-corrected chi connectivity index (χ3v) is 4.42. The molecule has 0 aliphatic carbocycles. The first-order chi connectivity index (χ1) is 9.61. The lowest BCUT2D eigenvalue weighted by atomic mass is 9.91. The number of halogens is 1. The Morgan fingerprint density at radius 3 is 2.95 bits per heavy atom. The molecule has 1 aliphatic heterocycles. The SMILES string of the molecule is CCCC1(C(=O)Nc2ccc(Br)c(OC)c2)CCCN1. The fraction of sp³-hybridized carbons (Fsp3) is 0.533. The van der Waals surface area contributed by atoms with Gasteiger partial charge in [-0.15, -0.1) is 0 Å². The highest BCUT2D eigenvalue weighted by Crippen LogP contribution is 2.30. The lowest BCUT2D eigenvalue weighted by molar-refractivity contribution is -0.122. The van der Waals surface area contributed by atoms with E-state index in [4.69, 9.17) is 4.74 Å². The minimum absolute atomic E-state index is 0.0567. The quantitative estimate of drug-likeness (QED) is 0.864. The average Bonchev–Trinajstić information content (AvgIpc) is 2.91. The number of nitrogens with one attached hydrogen (secondary N) is 2. The number of ether oxygens (including phenoxy) is 1.